The van der Waals surface area contributed by atoms with Crippen LogP contribution >= 0.6 is 11.3 Å². The maximum atomic E-state index is 13.4. The lowest BCUT2D eigenvalue weighted by atomic mass is 10.2. The fourth-order valence-electron chi connectivity index (χ4n) is 2.62. The molecule has 4 rings (SSSR count). The normalized spacial score (nSPS) is 11.0. The van der Waals surface area contributed by atoms with E-state index in [0.29, 0.717) is 16.4 Å². The monoisotopic (exact) mass is 407 g/mol. The lowest BCUT2D eigenvalue weighted by Gasteiger charge is -2.08. The highest BCUT2D eigenvalue weighted by atomic mass is 32.1. The minimum Gasteiger partial charge on any atom is -0.456 e. The third kappa shape index (κ3) is 4.83. The summed E-state index contributed by atoms with van der Waals surface area (Å²) in [5.41, 5.74) is 5.43. The maximum absolute atomic E-state index is 13.4. The van der Waals surface area contributed by atoms with Crippen molar-refractivity contribution >= 4 is 22.7 Å². The summed E-state index contributed by atoms with van der Waals surface area (Å²) in [6, 6.07) is 20.0. The van der Waals surface area contributed by atoms with Crippen molar-refractivity contribution in [3.8, 4) is 22.8 Å². The quantitative estimate of drug-likeness (QED) is 0.300. The van der Waals surface area contributed by atoms with Gasteiger partial charge in [0.05, 0.1) is 11.9 Å². The van der Waals surface area contributed by atoms with Gasteiger partial charge in [-0.2, -0.15) is 5.10 Å². The number of ether oxygens (including phenoxy) is 1. The largest absolute Gasteiger partial charge is 0.456 e. The first-order valence-corrected chi connectivity index (χ1v) is 9.58. The van der Waals surface area contributed by atoms with Crippen LogP contribution in [-0.4, -0.2) is 11.2 Å². The van der Waals surface area contributed by atoms with Crippen molar-refractivity contribution in [1.82, 2.24) is 4.98 Å². The second-order valence-electron chi connectivity index (χ2n) is 6.02. The second-order valence-corrected chi connectivity index (χ2v) is 6.88. The van der Waals surface area contributed by atoms with Gasteiger partial charge in [-0.3, -0.25) is 5.43 Å². The predicted molar refractivity (Wildman–Crippen MR) is 112 cm³/mol. The molecule has 4 aromatic rings. The number of para-hydroxylation sites is 1. The summed E-state index contributed by atoms with van der Waals surface area (Å²) in [6.07, 6.45) is 1.56. The van der Waals surface area contributed by atoms with Crippen LogP contribution in [0.5, 0.6) is 11.5 Å². The lowest BCUT2D eigenvalue weighted by molar-refractivity contribution is 0.467. The van der Waals surface area contributed by atoms with E-state index in [-0.39, 0.29) is 5.75 Å². The number of aromatic nitrogens is 1. The van der Waals surface area contributed by atoms with Crippen LogP contribution in [-0.2, 0) is 0 Å². The van der Waals surface area contributed by atoms with Crippen LogP contribution < -0.4 is 10.2 Å². The zero-order chi connectivity index (χ0) is 20.1. The highest BCUT2D eigenvalue weighted by molar-refractivity contribution is 7.14. The Morgan fingerprint density at radius 3 is 2.45 bits per heavy atom. The number of anilines is 1. The zero-order valence-corrected chi connectivity index (χ0v) is 15.9. The summed E-state index contributed by atoms with van der Waals surface area (Å²) < 4.78 is 32.4. The van der Waals surface area contributed by atoms with Crippen molar-refractivity contribution in [2.45, 2.75) is 0 Å². The molecule has 0 fully saturated rings. The molecule has 0 saturated heterocycles. The average Bonchev–Trinajstić information content (AvgIpc) is 3.18. The molecular weight excluding hydrogens is 392 g/mol. The van der Waals surface area contributed by atoms with E-state index in [1.54, 1.807) is 24.4 Å². The molecule has 0 aliphatic rings. The first-order valence-electron chi connectivity index (χ1n) is 8.70. The third-order valence-electron chi connectivity index (χ3n) is 3.92. The van der Waals surface area contributed by atoms with Gasteiger partial charge in [-0.05, 0) is 12.1 Å². The smallest absolute Gasteiger partial charge is 0.203 e. The van der Waals surface area contributed by atoms with Crippen molar-refractivity contribution in [1.29, 1.82) is 0 Å². The second kappa shape index (κ2) is 8.62. The highest BCUT2D eigenvalue weighted by Crippen LogP contribution is 2.27. The molecular formula is C22H15F2N3OS. The van der Waals surface area contributed by atoms with E-state index in [2.05, 4.69) is 15.5 Å². The predicted octanol–water partition coefficient (Wildman–Crippen LogP) is 6.33. The fraction of sp³-hybridized carbons (Fsp3) is 0. The first-order chi connectivity index (χ1) is 14.2. The minimum atomic E-state index is -0.703. The Kier molecular flexibility index (Phi) is 5.58. The van der Waals surface area contributed by atoms with E-state index in [1.165, 1.54) is 11.3 Å². The molecule has 0 unspecified atom stereocenters. The van der Waals surface area contributed by atoms with E-state index in [1.807, 2.05) is 41.8 Å². The molecule has 144 valence electrons. The Labute approximate surface area is 170 Å². The number of benzene rings is 3. The topological polar surface area (TPSA) is 46.5 Å². The average molecular weight is 407 g/mol. The molecule has 3 aromatic carbocycles. The highest BCUT2D eigenvalue weighted by Gasteiger charge is 2.07. The van der Waals surface area contributed by atoms with Gasteiger partial charge in [0.25, 0.3) is 0 Å². The molecule has 0 spiro atoms. The number of halogens is 2. The van der Waals surface area contributed by atoms with E-state index in [9.17, 15) is 8.78 Å². The molecule has 0 amide bonds. The van der Waals surface area contributed by atoms with Crippen LogP contribution in [0.25, 0.3) is 11.3 Å². The van der Waals surface area contributed by atoms with Crippen LogP contribution in [0, 0.1) is 11.6 Å². The molecule has 7 heteroatoms. The standard InChI is InChI=1S/C22H15F2N3OS/c23-17-10-18(24)12-19(11-17)28-21-9-5-4-8-16(21)13-25-27-22-26-20(14-29-22)15-6-2-1-3-7-15/h1-14H,(H,26,27). The molecule has 4 nitrogen and oxygen atoms in total. The number of rotatable bonds is 6. The molecule has 0 atom stereocenters. The van der Waals surface area contributed by atoms with E-state index in [0.717, 1.165) is 29.5 Å². The fourth-order valence-corrected chi connectivity index (χ4v) is 3.29. The van der Waals surface area contributed by atoms with Gasteiger partial charge in [-0.15, -0.1) is 11.3 Å². The number of hydrogen-bond donors (Lipinski definition) is 1. The molecule has 1 N–H and O–H groups in total. The number of nitrogens with zero attached hydrogens (tertiary/aromatic N) is 2. The van der Waals surface area contributed by atoms with Crippen molar-refractivity contribution in [2.75, 3.05) is 5.43 Å². The summed E-state index contributed by atoms with van der Waals surface area (Å²) in [5, 5.41) is 6.79. The van der Waals surface area contributed by atoms with Crippen LogP contribution in [0.4, 0.5) is 13.9 Å². The summed E-state index contributed by atoms with van der Waals surface area (Å²) in [7, 11) is 0. The number of nitrogens with one attached hydrogen (secondary N) is 1. The minimum absolute atomic E-state index is 0.0729. The molecule has 1 aromatic heterocycles. The molecule has 0 radical (unpaired) electrons. The third-order valence-corrected chi connectivity index (χ3v) is 4.67. The lowest BCUT2D eigenvalue weighted by Crippen LogP contribution is -1.94. The van der Waals surface area contributed by atoms with Crippen molar-refractivity contribution in [3.63, 3.8) is 0 Å². The van der Waals surface area contributed by atoms with Gasteiger partial charge in [0, 0.05) is 34.7 Å². The SMILES string of the molecule is Fc1cc(F)cc(Oc2ccccc2C=NNc2nc(-c3ccccc3)cs2)c1. The molecule has 0 aliphatic heterocycles. The molecule has 29 heavy (non-hydrogen) atoms. The van der Waals surface area contributed by atoms with E-state index >= 15 is 0 Å². The molecule has 1 heterocycles. The van der Waals surface area contributed by atoms with Crippen LogP contribution in [0.1, 0.15) is 5.56 Å². The van der Waals surface area contributed by atoms with Gasteiger partial charge in [0.1, 0.15) is 23.1 Å². The van der Waals surface area contributed by atoms with E-state index < -0.39 is 11.6 Å². The Hall–Kier alpha value is -3.58. The van der Waals surface area contributed by atoms with Gasteiger partial charge >= 0.3 is 0 Å². The zero-order valence-electron chi connectivity index (χ0n) is 15.0. The van der Waals surface area contributed by atoms with Gasteiger partial charge in [-0.1, -0.05) is 42.5 Å². The van der Waals surface area contributed by atoms with Gasteiger partial charge in [0.15, 0.2) is 0 Å². The van der Waals surface area contributed by atoms with Gasteiger partial charge in [0.2, 0.25) is 5.13 Å². The Bertz CT molecular complexity index is 1130. The number of thiazole rings is 1. The van der Waals surface area contributed by atoms with Crippen LogP contribution in [0.15, 0.2) is 83.3 Å². The van der Waals surface area contributed by atoms with E-state index in [4.69, 9.17) is 4.74 Å². The summed E-state index contributed by atoms with van der Waals surface area (Å²) >= 11 is 1.44. The first kappa shape index (κ1) is 18.8. The van der Waals surface area contributed by atoms with Crippen molar-refractivity contribution in [2.24, 2.45) is 5.10 Å². The number of hydrogen-bond acceptors (Lipinski definition) is 5. The Balaban J connectivity index is 1.47. The summed E-state index contributed by atoms with van der Waals surface area (Å²) in [6.45, 7) is 0. The number of hydrazone groups is 1. The Morgan fingerprint density at radius 1 is 0.931 bits per heavy atom. The van der Waals surface area contributed by atoms with Crippen molar-refractivity contribution < 1.29 is 13.5 Å². The van der Waals surface area contributed by atoms with Gasteiger partial charge in [-0.25, -0.2) is 13.8 Å². The van der Waals surface area contributed by atoms with Crippen LogP contribution in [0.2, 0.25) is 0 Å². The summed E-state index contributed by atoms with van der Waals surface area (Å²) in [5.74, 6) is -0.910. The Morgan fingerprint density at radius 2 is 1.66 bits per heavy atom. The molecule has 0 saturated carbocycles. The molecule has 0 bridgehead atoms. The van der Waals surface area contributed by atoms with Crippen molar-refractivity contribution in [3.05, 3.63) is 95.4 Å². The molecule has 0 aliphatic carbocycles. The van der Waals surface area contributed by atoms with Gasteiger partial charge < -0.3 is 4.74 Å². The maximum Gasteiger partial charge on any atom is 0.203 e. The summed E-state index contributed by atoms with van der Waals surface area (Å²) in [4.78, 5) is 4.50. The van der Waals surface area contributed by atoms with Crippen LogP contribution in [0.3, 0.4) is 0 Å².